The van der Waals surface area contributed by atoms with Crippen molar-refractivity contribution >= 4 is 5.97 Å². The topological polar surface area (TPSA) is 59.3 Å². The predicted molar refractivity (Wildman–Crippen MR) is 42.2 cm³/mol. The largest absolute Gasteiger partial charge is 0.465 e. The minimum atomic E-state index is -0.472. The van der Waals surface area contributed by atoms with Gasteiger partial charge in [0.25, 0.3) is 0 Å². The lowest BCUT2D eigenvalue weighted by Crippen LogP contribution is -2.15. The van der Waals surface area contributed by atoms with Crippen LogP contribution < -0.4 is 0 Å². The Kier molecular flexibility index (Phi) is 6.02. The van der Waals surface area contributed by atoms with Crippen LogP contribution in [0.2, 0.25) is 0 Å². The maximum Gasteiger partial charge on any atom is 0.320 e. The Morgan fingerprint density at radius 2 is 2.25 bits per heavy atom. The number of carbonyl (C=O) groups excluding carboxylic acids is 1. The Labute approximate surface area is 72.1 Å². The zero-order chi connectivity index (χ0) is 9.40. The fraction of sp³-hybridized carbons (Fsp3) is 0.750. The molecule has 12 heavy (non-hydrogen) atoms. The van der Waals surface area contributed by atoms with E-state index >= 15 is 0 Å². The second-order valence-electron chi connectivity index (χ2n) is 2.58. The molecule has 0 aliphatic rings. The smallest absolute Gasteiger partial charge is 0.320 e. The lowest BCUT2D eigenvalue weighted by molar-refractivity contribution is -0.144. The minimum absolute atomic E-state index is 0.178. The van der Waals surface area contributed by atoms with Crippen LogP contribution in [-0.2, 0) is 14.3 Å². The van der Waals surface area contributed by atoms with Crippen LogP contribution in [-0.4, -0.2) is 26.3 Å². The van der Waals surface area contributed by atoms with Crippen molar-refractivity contribution in [3.63, 3.8) is 0 Å². The third-order valence-electron chi connectivity index (χ3n) is 1.20. The van der Waals surface area contributed by atoms with Gasteiger partial charge in [0.15, 0.2) is 0 Å². The number of hydrogen-bond acceptors (Lipinski definition) is 4. The lowest BCUT2D eigenvalue weighted by Gasteiger charge is -2.09. The number of carbonyl (C=O) groups is 1. The molecule has 0 rings (SSSR count). The van der Waals surface area contributed by atoms with E-state index in [4.69, 9.17) is 14.7 Å². The van der Waals surface area contributed by atoms with Gasteiger partial charge in [-0.2, -0.15) is 5.26 Å². The Morgan fingerprint density at radius 1 is 1.58 bits per heavy atom. The van der Waals surface area contributed by atoms with Crippen LogP contribution >= 0.6 is 0 Å². The summed E-state index contributed by atoms with van der Waals surface area (Å²) in [7, 11) is 1.59. The highest BCUT2D eigenvalue weighted by Crippen LogP contribution is 1.97. The van der Waals surface area contributed by atoms with Gasteiger partial charge in [-0.15, -0.1) is 0 Å². The van der Waals surface area contributed by atoms with Gasteiger partial charge in [0.1, 0.15) is 6.42 Å². The van der Waals surface area contributed by atoms with Crippen LogP contribution in [0.4, 0.5) is 0 Å². The van der Waals surface area contributed by atoms with Gasteiger partial charge in [-0.3, -0.25) is 4.79 Å². The highest BCUT2D eigenvalue weighted by Gasteiger charge is 2.05. The van der Waals surface area contributed by atoms with Crippen LogP contribution in [0.15, 0.2) is 0 Å². The Morgan fingerprint density at radius 3 is 2.75 bits per heavy atom. The highest BCUT2D eigenvalue weighted by molar-refractivity contribution is 5.71. The summed E-state index contributed by atoms with van der Waals surface area (Å²) in [5.41, 5.74) is 0. The molecule has 0 aromatic rings. The summed E-state index contributed by atoms with van der Waals surface area (Å²) in [4.78, 5) is 10.7. The molecule has 0 spiro atoms. The predicted octanol–water partition coefficient (Wildman–Crippen LogP) is 0.726. The van der Waals surface area contributed by atoms with E-state index < -0.39 is 5.97 Å². The van der Waals surface area contributed by atoms with Gasteiger partial charge in [-0.05, 0) is 0 Å². The van der Waals surface area contributed by atoms with Crippen molar-refractivity contribution in [2.45, 2.75) is 13.3 Å². The molecule has 0 amide bonds. The molecule has 0 aliphatic carbocycles. The molecule has 0 saturated heterocycles. The summed E-state index contributed by atoms with van der Waals surface area (Å²) >= 11 is 0. The SMILES string of the molecule is COCC(C)COC(=O)CC#N. The van der Waals surface area contributed by atoms with E-state index in [-0.39, 0.29) is 12.3 Å². The monoisotopic (exact) mass is 171 g/mol. The summed E-state index contributed by atoms with van der Waals surface area (Å²) < 4.78 is 9.59. The standard InChI is InChI=1S/C8H13NO3/c1-7(5-11-2)6-12-8(10)3-4-9/h7H,3,5-6H2,1-2H3. The van der Waals surface area contributed by atoms with Crippen molar-refractivity contribution in [2.24, 2.45) is 5.92 Å². The number of nitrogens with zero attached hydrogens (tertiary/aromatic N) is 1. The Balaban J connectivity index is 3.41. The summed E-state index contributed by atoms with van der Waals surface area (Å²) in [5, 5.41) is 8.13. The van der Waals surface area contributed by atoms with Gasteiger partial charge < -0.3 is 9.47 Å². The molecular formula is C8H13NO3. The molecule has 0 aliphatic heterocycles. The maximum absolute atomic E-state index is 10.7. The molecule has 0 heterocycles. The van der Waals surface area contributed by atoms with Gasteiger partial charge in [-0.25, -0.2) is 0 Å². The van der Waals surface area contributed by atoms with Gasteiger partial charge in [0.05, 0.1) is 19.3 Å². The average Bonchev–Trinajstić information content (AvgIpc) is 2.02. The Bertz CT molecular complexity index is 174. The van der Waals surface area contributed by atoms with Crippen LogP contribution in [0.3, 0.4) is 0 Å². The second-order valence-corrected chi connectivity index (χ2v) is 2.58. The summed E-state index contributed by atoms with van der Waals surface area (Å²) in [6, 6.07) is 1.72. The van der Waals surface area contributed by atoms with Crippen molar-refractivity contribution in [1.29, 1.82) is 5.26 Å². The summed E-state index contributed by atoms with van der Waals surface area (Å²) in [6.45, 7) is 2.78. The van der Waals surface area contributed by atoms with E-state index in [1.165, 1.54) is 0 Å². The van der Waals surface area contributed by atoms with Gasteiger partial charge in [-0.1, -0.05) is 6.92 Å². The zero-order valence-corrected chi connectivity index (χ0v) is 7.37. The number of esters is 1. The molecular weight excluding hydrogens is 158 g/mol. The molecule has 1 unspecified atom stereocenters. The molecule has 0 aromatic heterocycles. The first-order valence-corrected chi connectivity index (χ1v) is 3.72. The number of ether oxygens (including phenoxy) is 2. The van der Waals surface area contributed by atoms with Crippen molar-refractivity contribution in [1.82, 2.24) is 0 Å². The number of hydrogen-bond donors (Lipinski definition) is 0. The van der Waals surface area contributed by atoms with E-state index in [0.717, 1.165) is 0 Å². The first-order valence-electron chi connectivity index (χ1n) is 3.72. The molecule has 0 N–H and O–H groups in total. The molecule has 4 nitrogen and oxygen atoms in total. The summed E-state index contributed by atoms with van der Waals surface area (Å²) in [6.07, 6.45) is -0.181. The van der Waals surface area contributed by atoms with Crippen LogP contribution in [0.5, 0.6) is 0 Å². The maximum atomic E-state index is 10.7. The highest BCUT2D eigenvalue weighted by atomic mass is 16.5. The van der Waals surface area contributed by atoms with Crippen LogP contribution in [0, 0.1) is 17.2 Å². The van der Waals surface area contributed by atoms with Crippen molar-refractivity contribution in [3.8, 4) is 6.07 Å². The van der Waals surface area contributed by atoms with Crippen LogP contribution in [0.1, 0.15) is 13.3 Å². The average molecular weight is 171 g/mol. The molecule has 0 aromatic carbocycles. The van der Waals surface area contributed by atoms with Gasteiger partial charge in [0.2, 0.25) is 0 Å². The third-order valence-corrected chi connectivity index (χ3v) is 1.20. The first kappa shape index (κ1) is 10.9. The van der Waals surface area contributed by atoms with Crippen LogP contribution in [0.25, 0.3) is 0 Å². The molecule has 68 valence electrons. The number of nitriles is 1. The summed E-state index contributed by atoms with van der Waals surface area (Å²) in [5.74, 6) is -0.293. The van der Waals surface area contributed by atoms with Crippen molar-refractivity contribution < 1.29 is 14.3 Å². The molecule has 1 atom stereocenters. The van der Waals surface area contributed by atoms with Crippen molar-refractivity contribution in [2.75, 3.05) is 20.3 Å². The third kappa shape index (κ3) is 5.69. The van der Waals surface area contributed by atoms with Gasteiger partial charge in [0, 0.05) is 13.0 Å². The minimum Gasteiger partial charge on any atom is -0.465 e. The van der Waals surface area contributed by atoms with E-state index in [1.54, 1.807) is 13.2 Å². The molecule has 0 saturated carbocycles. The van der Waals surface area contributed by atoms with E-state index in [0.29, 0.717) is 13.2 Å². The zero-order valence-electron chi connectivity index (χ0n) is 7.37. The molecule has 0 bridgehead atoms. The lowest BCUT2D eigenvalue weighted by atomic mass is 10.2. The van der Waals surface area contributed by atoms with Crippen molar-refractivity contribution in [3.05, 3.63) is 0 Å². The number of rotatable bonds is 5. The fourth-order valence-electron chi connectivity index (χ4n) is 0.683. The fourth-order valence-corrected chi connectivity index (χ4v) is 0.683. The normalized spacial score (nSPS) is 11.8. The first-order chi connectivity index (χ1) is 5.70. The molecule has 0 radical (unpaired) electrons. The van der Waals surface area contributed by atoms with E-state index in [1.807, 2.05) is 6.92 Å². The quantitative estimate of drug-likeness (QED) is 0.572. The van der Waals surface area contributed by atoms with Gasteiger partial charge >= 0.3 is 5.97 Å². The second kappa shape index (κ2) is 6.62. The van der Waals surface area contributed by atoms with E-state index in [2.05, 4.69) is 0 Å². The number of methoxy groups -OCH3 is 1. The molecule has 0 fully saturated rings. The van der Waals surface area contributed by atoms with E-state index in [9.17, 15) is 4.79 Å². The Hall–Kier alpha value is -1.08. The molecule has 4 heteroatoms.